The van der Waals surface area contributed by atoms with Crippen LogP contribution in [0.2, 0.25) is 0 Å². The Labute approximate surface area is 358 Å². The molecular formula is C51H70N6O3. The summed E-state index contributed by atoms with van der Waals surface area (Å²) in [4.78, 5) is 29.1. The SMILES string of the molecule is CCc1cc(C2=CC3=C(CC2)C2=Cc4cc(-c5cnc(C6CCCC(C)C(C(=O)C7COCCN7)C6)[nH]5)ccc4C(C)C(CO3)C2)[nH]c1C1CCCN1CCC(N)C(C)C. The number of ketones is 1. The molecule has 0 radical (unpaired) electrons. The minimum absolute atomic E-state index is 0.0183. The van der Waals surface area contributed by atoms with Crippen LogP contribution < -0.4 is 11.1 Å². The maximum Gasteiger partial charge on any atom is 0.155 e. The normalized spacial score (nSPS) is 29.1. The van der Waals surface area contributed by atoms with Crippen molar-refractivity contribution in [2.24, 2.45) is 29.4 Å². The molecule has 3 fully saturated rings. The molecular weight excluding hydrogens is 745 g/mol. The molecule has 2 aromatic heterocycles. The van der Waals surface area contributed by atoms with Crippen LogP contribution in [0.25, 0.3) is 22.9 Å². The number of fused-ring (bicyclic) bond motifs is 4. The number of aromatic nitrogens is 3. The standard InChI is InChI=1S/C51H70N6O3/c1-6-33-25-44(55-49(33)47-11-8-18-57(47)19-16-43(52)30(2)3)35-13-15-41-38-22-37-21-34(12-14-40(37)32(5)39(23-38)28-60-48(41)26-35)45-27-54-51(56-45)36-10-7-9-31(4)42(24-36)50(58)46-29-59-20-17-53-46/h12,14,21-22,25-27,30-32,36,39,42-43,46-47,53,55H,6-11,13,15-20,23-24,28-29,52H2,1-5H3,(H,54,56). The Morgan fingerprint density at radius 3 is 2.72 bits per heavy atom. The van der Waals surface area contributed by atoms with Gasteiger partial charge >= 0.3 is 0 Å². The summed E-state index contributed by atoms with van der Waals surface area (Å²) < 4.78 is 12.4. The summed E-state index contributed by atoms with van der Waals surface area (Å²) in [5.74, 6) is 4.32. The molecule has 8 unspecified atom stereocenters. The summed E-state index contributed by atoms with van der Waals surface area (Å²) >= 11 is 0. The average molecular weight is 815 g/mol. The summed E-state index contributed by atoms with van der Waals surface area (Å²) in [5, 5.41) is 3.41. The lowest BCUT2D eigenvalue weighted by Gasteiger charge is -2.29. The van der Waals surface area contributed by atoms with Gasteiger partial charge in [-0.1, -0.05) is 59.2 Å². The van der Waals surface area contributed by atoms with Crippen LogP contribution in [-0.2, 0) is 20.7 Å². The van der Waals surface area contributed by atoms with Crippen molar-refractivity contribution >= 4 is 17.4 Å². The third kappa shape index (κ3) is 8.41. The molecule has 0 spiro atoms. The van der Waals surface area contributed by atoms with Gasteiger partial charge in [-0.15, -0.1) is 0 Å². The number of rotatable bonds is 11. The second kappa shape index (κ2) is 17.9. The molecule has 8 atom stereocenters. The summed E-state index contributed by atoms with van der Waals surface area (Å²) in [6.07, 6.45) is 18.5. The van der Waals surface area contributed by atoms with Crippen LogP contribution in [0.3, 0.4) is 0 Å². The van der Waals surface area contributed by atoms with Crippen molar-refractivity contribution < 1.29 is 14.3 Å². The monoisotopic (exact) mass is 815 g/mol. The highest BCUT2D eigenvalue weighted by atomic mass is 16.5. The first-order chi connectivity index (χ1) is 29.1. The quantitative estimate of drug-likeness (QED) is 0.142. The molecule has 1 saturated carbocycles. The van der Waals surface area contributed by atoms with E-state index in [1.54, 1.807) is 0 Å². The first-order valence-corrected chi connectivity index (χ1v) is 23.7. The Kier molecular flexibility index (Phi) is 12.4. The van der Waals surface area contributed by atoms with Gasteiger partial charge in [-0.25, -0.2) is 4.98 Å². The Morgan fingerprint density at radius 1 is 1.02 bits per heavy atom. The van der Waals surface area contributed by atoms with E-state index >= 15 is 0 Å². The zero-order valence-corrected chi connectivity index (χ0v) is 37.0. The molecule has 3 aromatic rings. The molecule has 0 amide bonds. The van der Waals surface area contributed by atoms with E-state index in [9.17, 15) is 4.79 Å². The molecule has 9 nitrogen and oxygen atoms in total. The minimum atomic E-state index is -0.193. The number of hydrogen-bond acceptors (Lipinski definition) is 7. The average Bonchev–Trinajstić information content (AvgIpc) is 3.98. The minimum Gasteiger partial charge on any atom is -0.493 e. The lowest BCUT2D eigenvalue weighted by molar-refractivity contribution is -0.129. The number of nitrogens with zero attached hydrogens (tertiary/aromatic N) is 2. The molecule has 3 aliphatic heterocycles. The van der Waals surface area contributed by atoms with Gasteiger partial charge in [0.05, 0.1) is 43.8 Å². The van der Waals surface area contributed by atoms with Gasteiger partial charge in [-0.05, 0) is 140 Å². The molecule has 9 heteroatoms. The lowest BCUT2D eigenvalue weighted by atomic mass is 9.81. The van der Waals surface area contributed by atoms with Crippen LogP contribution in [0, 0.1) is 23.7 Å². The van der Waals surface area contributed by atoms with E-state index in [4.69, 9.17) is 20.2 Å². The number of ether oxygens (including phenoxy) is 2. The number of morpholine rings is 1. The number of carbonyl (C=O) groups excluding carboxylic acids is 1. The fraction of sp³-hybridized carbons (Fsp3) is 0.608. The zero-order valence-electron chi connectivity index (χ0n) is 37.0. The molecule has 2 saturated heterocycles. The Hall–Kier alpha value is -3.76. The largest absolute Gasteiger partial charge is 0.493 e. The molecule has 5 N–H and O–H groups in total. The predicted octanol–water partition coefficient (Wildman–Crippen LogP) is 9.61. The van der Waals surface area contributed by atoms with Gasteiger partial charge in [0.15, 0.2) is 5.78 Å². The first-order valence-electron chi connectivity index (χ1n) is 23.7. The lowest BCUT2D eigenvalue weighted by Crippen LogP contribution is -2.49. The number of H-pyrrole nitrogens is 2. The fourth-order valence-corrected chi connectivity index (χ4v) is 11.4. The van der Waals surface area contributed by atoms with Gasteiger partial charge in [-0.2, -0.15) is 0 Å². The van der Waals surface area contributed by atoms with E-state index < -0.39 is 0 Å². The number of nitrogens with one attached hydrogen (secondary N) is 3. The second-order valence-electron chi connectivity index (χ2n) is 19.6. The molecule has 322 valence electrons. The van der Waals surface area contributed by atoms with E-state index in [0.29, 0.717) is 48.7 Å². The molecule has 5 heterocycles. The molecule has 1 aromatic carbocycles. The highest BCUT2D eigenvalue weighted by Gasteiger charge is 2.37. The van der Waals surface area contributed by atoms with Gasteiger partial charge in [0.25, 0.3) is 0 Å². The maximum atomic E-state index is 13.7. The Balaban J connectivity index is 0.953. The molecule has 6 aliphatic rings. The molecule has 3 aliphatic carbocycles. The number of likely N-dealkylation sites (tertiary alicyclic amines) is 1. The summed E-state index contributed by atoms with van der Waals surface area (Å²) in [5.41, 5.74) is 19.7. The van der Waals surface area contributed by atoms with Crippen molar-refractivity contribution in [1.82, 2.24) is 25.2 Å². The first kappa shape index (κ1) is 41.6. The topological polar surface area (TPSA) is 121 Å². The summed E-state index contributed by atoms with van der Waals surface area (Å²) in [6, 6.07) is 9.93. The maximum absolute atomic E-state index is 13.7. The van der Waals surface area contributed by atoms with Gasteiger partial charge < -0.3 is 30.5 Å². The van der Waals surface area contributed by atoms with Crippen molar-refractivity contribution in [3.05, 3.63) is 87.3 Å². The van der Waals surface area contributed by atoms with Crippen molar-refractivity contribution in [3.8, 4) is 11.3 Å². The van der Waals surface area contributed by atoms with E-state index in [2.05, 4.69) is 91.2 Å². The number of nitrogens with two attached hydrogens (primary N) is 1. The van der Waals surface area contributed by atoms with E-state index in [1.165, 1.54) is 57.6 Å². The number of aromatic amines is 2. The van der Waals surface area contributed by atoms with E-state index in [1.807, 2.05) is 6.20 Å². The number of imidazole rings is 1. The zero-order chi connectivity index (χ0) is 41.5. The van der Waals surface area contributed by atoms with Crippen molar-refractivity contribution in [2.75, 3.05) is 39.5 Å². The van der Waals surface area contributed by atoms with Crippen LogP contribution in [0.4, 0.5) is 0 Å². The Bertz CT molecular complexity index is 2120. The van der Waals surface area contributed by atoms with Crippen LogP contribution in [0.1, 0.15) is 151 Å². The van der Waals surface area contributed by atoms with Crippen LogP contribution in [-0.4, -0.2) is 77.2 Å². The molecule has 60 heavy (non-hydrogen) atoms. The van der Waals surface area contributed by atoms with Crippen molar-refractivity contribution in [2.45, 2.75) is 135 Å². The highest BCUT2D eigenvalue weighted by Crippen LogP contribution is 2.47. The number of benzene rings is 1. The smallest absolute Gasteiger partial charge is 0.155 e. The van der Waals surface area contributed by atoms with Gasteiger partial charge in [-0.3, -0.25) is 9.69 Å². The third-order valence-electron chi connectivity index (χ3n) is 15.5. The molecule has 2 bridgehead atoms. The fourth-order valence-electron chi connectivity index (χ4n) is 11.4. The summed E-state index contributed by atoms with van der Waals surface area (Å²) in [7, 11) is 0. The summed E-state index contributed by atoms with van der Waals surface area (Å²) in [6.45, 7) is 16.3. The van der Waals surface area contributed by atoms with Gasteiger partial charge in [0.1, 0.15) is 11.6 Å². The van der Waals surface area contributed by atoms with E-state index in [0.717, 1.165) is 107 Å². The van der Waals surface area contributed by atoms with E-state index in [-0.39, 0.29) is 23.9 Å². The number of allylic oxidation sites excluding steroid dienone is 4. The molecule has 9 rings (SSSR count). The number of carbonyl (C=O) groups is 1. The second-order valence-corrected chi connectivity index (χ2v) is 19.6. The number of aryl methyl sites for hydroxylation is 1. The van der Waals surface area contributed by atoms with Gasteiger partial charge in [0.2, 0.25) is 0 Å². The third-order valence-corrected chi connectivity index (χ3v) is 15.5. The Morgan fingerprint density at radius 2 is 1.90 bits per heavy atom. The van der Waals surface area contributed by atoms with Crippen molar-refractivity contribution in [3.63, 3.8) is 0 Å². The van der Waals surface area contributed by atoms with Crippen LogP contribution in [0.5, 0.6) is 0 Å². The highest BCUT2D eigenvalue weighted by molar-refractivity contribution is 5.87. The van der Waals surface area contributed by atoms with Crippen LogP contribution in [0.15, 0.2) is 53.4 Å². The van der Waals surface area contributed by atoms with Crippen LogP contribution >= 0.6 is 0 Å². The van der Waals surface area contributed by atoms with Gasteiger partial charge in [0, 0.05) is 53.8 Å². The van der Waals surface area contributed by atoms with Crippen molar-refractivity contribution in [1.29, 1.82) is 0 Å². The predicted molar refractivity (Wildman–Crippen MR) is 241 cm³/mol. The number of hydrogen-bond donors (Lipinski definition) is 4. The number of Topliss-reactive ketones (excluding diaryl/α,β-unsaturated/α-hetero) is 1.